The zero-order valence-electron chi connectivity index (χ0n) is 12.5. The summed E-state index contributed by atoms with van der Waals surface area (Å²) in [4.78, 5) is 0. The van der Waals surface area contributed by atoms with Crippen LogP contribution in [-0.2, 0) is 12.8 Å². The van der Waals surface area contributed by atoms with Gasteiger partial charge in [-0.25, -0.2) is 0 Å². The van der Waals surface area contributed by atoms with Crippen LogP contribution in [0, 0.1) is 0 Å². The van der Waals surface area contributed by atoms with Gasteiger partial charge in [-0.1, -0.05) is 68.4 Å². The number of hydrogen-bond donors (Lipinski definition) is 1. The van der Waals surface area contributed by atoms with E-state index in [0.717, 1.165) is 19.3 Å². The van der Waals surface area contributed by atoms with Crippen LogP contribution in [0.25, 0.3) is 0 Å². The van der Waals surface area contributed by atoms with Crippen molar-refractivity contribution in [3.05, 3.63) is 71.3 Å². The lowest BCUT2D eigenvalue weighted by Gasteiger charge is -2.13. The maximum absolute atomic E-state index is 6.25. The third-order valence-electron chi connectivity index (χ3n) is 3.79. The average Bonchev–Trinajstić information content (AvgIpc) is 2.47. The molecule has 1 atom stereocenters. The van der Waals surface area contributed by atoms with E-state index in [2.05, 4.69) is 68.4 Å². The second-order valence-electron chi connectivity index (χ2n) is 5.88. The molecule has 0 aliphatic rings. The molecule has 0 bridgehead atoms. The van der Waals surface area contributed by atoms with Crippen LogP contribution in [0.15, 0.2) is 54.6 Å². The van der Waals surface area contributed by atoms with Crippen molar-refractivity contribution >= 4 is 0 Å². The maximum Gasteiger partial charge on any atom is 0.00824 e. The molecule has 0 heterocycles. The molecule has 20 heavy (non-hydrogen) atoms. The van der Waals surface area contributed by atoms with Crippen LogP contribution in [0.5, 0.6) is 0 Å². The molecular formula is C19H25N. The molecule has 1 nitrogen and oxygen atoms in total. The third kappa shape index (κ3) is 4.50. The molecule has 0 aliphatic carbocycles. The van der Waals surface area contributed by atoms with E-state index in [4.69, 9.17) is 5.73 Å². The normalized spacial score (nSPS) is 12.6. The van der Waals surface area contributed by atoms with Crippen molar-refractivity contribution in [3.8, 4) is 0 Å². The SMILES string of the molecule is CC(C)c1ccc(CC(N)CCc2ccccc2)cc1. The first-order chi connectivity index (χ1) is 9.65. The summed E-state index contributed by atoms with van der Waals surface area (Å²) < 4.78 is 0. The van der Waals surface area contributed by atoms with E-state index in [1.165, 1.54) is 16.7 Å². The van der Waals surface area contributed by atoms with Gasteiger partial charge in [-0.2, -0.15) is 0 Å². The van der Waals surface area contributed by atoms with Gasteiger partial charge in [0, 0.05) is 6.04 Å². The fraction of sp³-hybridized carbons (Fsp3) is 0.368. The quantitative estimate of drug-likeness (QED) is 0.829. The molecule has 2 rings (SSSR count). The van der Waals surface area contributed by atoms with E-state index >= 15 is 0 Å². The summed E-state index contributed by atoms with van der Waals surface area (Å²) in [6.07, 6.45) is 3.06. The summed E-state index contributed by atoms with van der Waals surface area (Å²) in [5, 5.41) is 0. The molecule has 0 saturated carbocycles. The molecule has 0 spiro atoms. The molecule has 0 amide bonds. The van der Waals surface area contributed by atoms with Crippen LogP contribution in [0.4, 0.5) is 0 Å². The average molecular weight is 267 g/mol. The van der Waals surface area contributed by atoms with Gasteiger partial charge < -0.3 is 5.73 Å². The molecule has 2 aromatic rings. The summed E-state index contributed by atoms with van der Waals surface area (Å²) in [6, 6.07) is 19.7. The van der Waals surface area contributed by atoms with Crippen LogP contribution in [0.2, 0.25) is 0 Å². The van der Waals surface area contributed by atoms with Crippen LogP contribution in [0.3, 0.4) is 0 Å². The molecule has 2 N–H and O–H groups in total. The number of benzene rings is 2. The van der Waals surface area contributed by atoms with Crippen LogP contribution < -0.4 is 5.73 Å². The zero-order chi connectivity index (χ0) is 14.4. The van der Waals surface area contributed by atoms with Gasteiger partial charge >= 0.3 is 0 Å². The maximum atomic E-state index is 6.25. The van der Waals surface area contributed by atoms with Crippen molar-refractivity contribution in [2.45, 2.75) is 45.1 Å². The highest BCUT2D eigenvalue weighted by molar-refractivity contribution is 5.25. The highest BCUT2D eigenvalue weighted by Gasteiger charge is 2.05. The van der Waals surface area contributed by atoms with Gasteiger partial charge in [0.25, 0.3) is 0 Å². The Balaban J connectivity index is 1.83. The van der Waals surface area contributed by atoms with Gasteiger partial charge in [0.05, 0.1) is 0 Å². The lowest BCUT2D eigenvalue weighted by Crippen LogP contribution is -2.23. The lowest BCUT2D eigenvalue weighted by molar-refractivity contribution is 0.610. The Labute approximate surface area is 122 Å². The monoisotopic (exact) mass is 267 g/mol. The van der Waals surface area contributed by atoms with Gasteiger partial charge in [-0.3, -0.25) is 0 Å². The van der Waals surface area contributed by atoms with Gasteiger partial charge in [-0.05, 0) is 41.9 Å². The van der Waals surface area contributed by atoms with Gasteiger partial charge in [0.1, 0.15) is 0 Å². The van der Waals surface area contributed by atoms with Crippen molar-refractivity contribution in [3.63, 3.8) is 0 Å². The minimum Gasteiger partial charge on any atom is -0.327 e. The first-order valence-corrected chi connectivity index (χ1v) is 7.53. The first-order valence-electron chi connectivity index (χ1n) is 7.53. The molecule has 1 heteroatoms. The number of aryl methyl sites for hydroxylation is 1. The summed E-state index contributed by atoms with van der Waals surface area (Å²) in [6.45, 7) is 4.45. The van der Waals surface area contributed by atoms with E-state index in [1.54, 1.807) is 0 Å². The molecule has 106 valence electrons. The summed E-state index contributed by atoms with van der Waals surface area (Å²) >= 11 is 0. The first kappa shape index (κ1) is 14.8. The predicted octanol–water partition coefficient (Wildman–Crippen LogP) is 4.31. The Kier molecular flexibility index (Phi) is 5.37. The second-order valence-corrected chi connectivity index (χ2v) is 5.88. The molecule has 0 aliphatic heterocycles. The lowest BCUT2D eigenvalue weighted by atomic mass is 9.97. The molecular weight excluding hydrogens is 242 g/mol. The van der Waals surface area contributed by atoms with Crippen LogP contribution in [0.1, 0.15) is 42.9 Å². The minimum atomic E-state index is 0.236. The van der Waals surface area contributed by atoms with E-state index in [0.29, 0.717) is 5.92 Å². The van der Waals surface area contributed by atoms with E-state index in [9.17, 15) is 0 Å². The van der Waals surface area contributed by atoms with Gasteiger partial charge in [-0.15, -0.1) is 0 Å². The molecule has 0 fully saturated rings. The Hall–Kier alpha value is -1.60. The molecule has 1 unspecified atom stereocenters. The fourth-order valence-electron chi connectivity index (χ4n) is 2.44. The van der Waals surface area contributed by atoms with Crippen molar-refractivity contribution in [2.24, 2.45) is 5.73 Å². The third-order valence-corrected chi connectivity index (χ3v) is 3.79. The van der Waals surface area contributed by atoms with E-state index < -0.39 is 0 Å². The molecule has 0 radical (unpaired) electrons. The zero-order valence-corrected chi connectivity index (χ0v) is 12.5. The fourth-order valence-corrected chi connectivity index (χ4v) is 2.44. The molecule has 2 aromatic carbocycles. The van der Waals surface area contributed by atoms with Crippen LogP contribution >= 0.6 is 0 Å². The Morgan fingerprint density at radius 2 is 1.50 bits per heavy atom. The standard InChI is InChI=1S/C19H25N/c1-15(2)18-11-8-17(9-12-18)14-19(20)13-10-16-6-4-3-5-7-16/h3-9,11-12,15,19H,10,13-14,20H2,1-2H3. The summed E-state index contributed by atoms with van der Waals surface area (Å²) in [5.74, 6) is 0.593. The smallest absolute Gasteiger partial charge is 0.00824 e. The molecule has 0 saturated heterocycles. The second kappa shape index (κ2) is 7.25. The van der Waals surface area contributed by atoms with Crippen molar-refractivity contribution in [1.29, 1.82) is 0 Å². The van der Waals surface area contributed by atoms with E-state index in [-0.39, 0.29) is 6.04 Å². The van der Waals surface area contributed by atoms with Crippen molar-refractivity contribution in [1.82, 2.24) is 0 Å². The Morgan fingerprint density at radius 1 is 0.850 bits per heavy atom. The summed E-state index contributed by atoms with van der Waals surface area (Å²) in [7, 11) is 0. The van der Waals surface area contributed by atoms with Gasteiger partial charge in [0.15, 0.2) is 0 Å². The Bertz CT molecular complexity index is 499. The van der Waals surface area contributed by atoms with Crippen LogP contribution in [-0.4, -0.2) is 6.04 Å². The number of nitrogens with two attached hydrogens (primary N) is 1. The van der Waals surface area contributed by atoms with Crippen molar-refractivity contribution < 1.29 is 0 Å². The molecule has 0 aromatic heterocycles. The minimum absolute atomic E-state index is 0.236. The summed E-state index contributed by atoms with van der Waals surface area (Å²) in [5.41, 5.74) is 10.4. The van der Waals surface area contributed by atoms with E-state index in [1.807, 2.05) is 0 Å². The predicted molar refractivity (Wildman–Crippen MR) is 87.0 cm³/mol. The number of rotatable bonds is 6. The largest absolute Gasteiger partial charge is 0.327 e. The van der Waals surface area contributed by atoms with Gasteiger partial charge in [0.2, 0.25) is 0 Å². The Morgan fingerprint density at radius 3 is 2.10 bits per heavy atom. The number of hydrogen-bond acceptors (Lipinski definition) is 1. The topological polar surface area (TPSA) is 26.0 Å². The van der Waals surface area contributed by atoms with Crippen molar-refractivity contribution in [2.75, 3.05) is 0 Å². The highest BCUT2D eigenvalue weighted by atomic mass is 14.6. The highest BCUT2D eigenvalue weighted by Crippen LogP contribution is 2.16.